The van der Waals surface area contributed by atoms with E-state index in [0.717, 1.165) is 11.3 Å². The third-order valence-corrected chi connectivity index (χ3v) is 1.70. The predicted molar refractivity (Wildman–Crippen MR) is 57.6 cm³/mol. The number of hydrogen-bond acceptors (Lipinski definition) is 4. The van der Waals surface area contributed by atoms with Crippen LogP contribution >= 0.6 is 0 Å². The van der Waals surface area contributed by atoms with Crippen LogP contribution in [0.25, 0.3) is 11.5 Å². The van der Waals surface area contributed by atoms with Crippen molar-refractivity contribution in [3.63, 3.8) is 0 Å². The average molecular weight is 206 g/mol. The fraction of sp³-hybridized carbons (Fsp3) is 0.273. The zero-order valence-corrected chi connectivity index (χ0v) is 9.10. The second kappa shape index (κ2) is 5.80. The molecule has 0 atom stereocenters. The summed E-state index contributed by atoms with van der Waals surface area (Å²) in [5, 5.41) is 3.53. The number of ether oxygens (including phenoxy) is 1. The third kappa shape index (κ3) is 2.56. The van der Waals surface area contributed by atoms with Gasteiger partial charge in [-0.25, -0.2) is 0 Å². The standard InChI is InChI=1S/C9H8N2O2.C2H6/c1-12-8-5-3-2-4-7(8)9-10-6-11-13-9;1-2/h2-6H,1H3;1-2H3. The van der Waals surface area contributed by atoms with Crippen LogP contribution in [0.15, 0.2) is 35.1 Å². The van der Waals surface area contributed by atoms with E-state index in [1.165, 1.54) is 6.33 Å². The number of methoxy groups -OCH3 is 1. The highest BCUT2D eigenvalue weighted by Gasteiger charge is 2.08. The minimum Gasteiger partial charge on any atom is -0.496 e. The predicted octanol–water partition coefficient (Wildman–Crippen LogP) is 2.77. The topological polar surface area (TPSA) is 48.2 Å². The number of benzene rings is 1. The molecule has 0 spiro atoms. The average Bonchev–Trinajstić information content (AvgIpc) is 2.85. The molecular formula is C11H14N2O2. The molecule has 0 radical (unpaired) electrons. The van der Waals surface area contributed by atoms with Crippen molar-refractivity contribution in [2.24, 2.45) is 0 Å². The number of para-hydroxylation sites is 1. The van der Waals surface area contributed by atoms with Gasteiger partial charge >= 0.3 is 0 Å². The van der Waals surface area contributed by atoms with E-state index in [0.29, 0.717) is 5.89 Å². The normalized spacial score (nSPS) is 9.00. The number of nitrogens with zero attached hydrogens (tertiary/aromatic N) is 2. The Kier molecular flexibility index (Phi) is 4.34. The van der Waals surface area contributed by atoms with E-state index in [2.05, 4.69) is 10.1 Å². The van der Waals surface area contributed by atoms with Gasteiger partial charge in [0.25, 0.3) is 5.89 Å². The quantitative estimate of drug-likeness (QED) is 0.758. The molecule has 4 heteroatoms. The zero-order valence-electron chi connectivity index (χ0n) is 9.10. The summed E-state index contributed by atoms with van der Waals surface area (Å²) in [6, 6.07) is 7.49. The molecule has 0 aliphatic rings. The molecule has 2 aromatic rings. The summed E-state index contributed by atoms with van der Waals surface area (Å²) in [6.45, 7) is 4.00. The Hall–Kier alpha value is -1.84. The highest BCUT2D eigenvalue weighted by Crippen LogP contribution is 2.26. The van der Waals surface area contributed by atoms with Crippen molar-refractivity contribution in [1.82, 2.24) is 10.1 Å². The summed E-state index contributed by atoms with van der Waals surface area (Å²) >= 11 is 0. The van der Waals surface area contributed by atoms with Gasteiger partial charge in [-0.3, -0.25) is 0 Å². The van der Waals surface area contributed by atoms with E-state index < -0.39 is 0 Å². The minimum absolute atomic E-state index is 0.470. The Morgan fingerprint density at radius 3 is 2.53 bits per heavy atom. The van der Waals surface area contributed by atoms with Crippen molar-refractivity contribution in [3.8, 4) is 17.2 Å². The minimum atomic E-state index is 0.470. The van der Waals surface area contributed by atoms with Gasteiger partial charge in [0.15, 0.2) is 6.33 Å². The van der Waals surface area contributed by atoms with E-state index in [9.17, 15) is 0 Å². The molecule has 15 heavy (non-hydrogen) atoms. The van der Waals surface area contributed by atoms with Crippen molar-refractivity contribution < 1.29 is 9.26 Å². The van der Waals surface area contributed by atoms with Crippen LogP contribution in [0.5, 0.6) is 5.75 Å². The summed E-state index contributed by atoms with van der Waals surface area (Å²) in [4.78, 5) is 3.94. The maximum Gasteiger partial charge on any atom is 0.261 e. The molecule has 0 saturated heterocycles. The van der Waals surface area contributed by atoms with Gasteiger partial charge in [-0.05, 0) is 12.1 Å². The van der Waals surface area contributed by atoms with Gasteiger partial charge in [-0.1, -0.05) is 31.1 Å². The Morgan fingerprint density at radius 1 is 1.20 bits per heavy atom. The molecule has 1 heterocycles. The molecule has 0 amide bonds. The van der Waals surface area contributed by atoms with Gasteiger partial charge < -0.3 is 9.26 Å². The molecule has 2 rings (SSSR count). The van der Waals surface area contributed by atoms with Gasteiger partial charge in [0.2, 0.25) is 0 Å². The molecule has 1 aromatic heterocycles. The van der Waals surface area contributed by atoms with Crippen molar-refractivity contribution in [1.29, 1.82) is 0 Å². The van der Waals surface area contributed by atoms with E-state index in [1.807, 2.05) is 38.1 Å². The highest BCUT2D eigenvalue weighted by atomic mass is 16.5. The molecule has 0 N–H and O–H groups in total. The fourth-order valence-corrected chi connectivity index (χ4v) is 1.11. The lowest BCUT2D eigenvalue weighted by Crippen LogP contribution is -1.86. The van der Waals surface area contributed by atoms with Crippen LogP contribution in [-0.2, 0) is 0 Å². The van der Waals surface area contributed by atoms with E-state index in [1.54, 1.807) is 7.11 Å². The first kappa shape index (κ1) is 11.2. The van der Waals surface area contributed by atoms with E-state index >= 15 is 0 Å². The molecule has 80 valence electrons. The SMILES string of the molecule is CC.COc1ccccc1-c1ncno1. The Labute approximate surface area is 88.9 Å². The first-order chi connectivity index (χ1) is 7.42. The Balaban J connectivity index is 0.000000531. The maximum atomic E-state index is 5.14. The van der Waals surface area contributed by atoms with Gasteiger partial charge in [-0.15, -0.1) is 0 Å². The van der Waals surface area contributed by atoms with Gasteiger partial charge in [0, 0.05) is 0 Å². The zero-order chi connectivity index (χ0) is 11.1. The molecule has 0 aliphatic heterocycles. The monoisotopic (exact) mass is 206 g/mol. The second-order valence-corrected chi connectivity index (χ2v) is 2.45. The highest BCUT2D eigenvalue weighted by molar-refractivity contribution is 5.61. The lowest BCUT2D eigenvalue weighted by Gasteiger charge is -2.02. The molecule has 4 nitrogen and oxygen atoms in total. The van der Waals surface area contributed by atoms with E-state index in [4.69, 9.17) is 9.26 Å². The first-order valence-electron chi connectivity index (χ1n) is 4.82. The van der Waals surface area contributed by atoms with Gasteiger partial charge in [-0.2, -0.15) is 4.98 Å². The Bertz CT molecular complexity index is 385. The molecule has 1 aromatic carbocycles. The smallest absolute Gasteiger partial charge is 0.261 e. The fourth-order valence-electron chi connectivity index (χ4n) is 1.11. The maximum absolute atomic E-state index is 5.14. The summed E-state index contributed by atoms with van der Waals surface area (Å²) in [5.74, 6) is 1.20. The number of aromatic nitrogens is 2. The largest absolute Gasteiger partial charge is 0.496 e. The van der Waals surface area contributed by atoms with Crippen molar-refractivity contribution in [3.05, 3.63) is 30.6 Å². The molecule has 0 unspecified atom stereocenters. The van der Waals surface area contributed by atoms with Crippen LogP contribution in [0.4, 0.5) is 0 Å². The van der Waals surface area contributed by atoms with Gasteiger partial charge in [0.1, 0.15) is 5.75 Å². The lowest BCUT2D eigenvalue weighted by atomic mass is 10.2. The lowest BCUT2D eigenvalue weighted by molar-refractivity contribution is 0.405. The third-order valence-electron chi connectivity index (χ3n) is 1.70. The molecule has 0 fully saturated rings. The molecular weight excluding hydrogens is 192 g/mol. The van der Waals surface area contributed by atoms with E-state index in [-0.39, 0.29) is 0 Å². The summed E-state index contributed by atoms with van der Waals surface area (Å²) in [7, 11) is 1.61. The number of hydrogen-bond donors (Lipinski definition) is 0. The first-order valence-corrected chi connectivity index (χ1v) is 4.82. The summed E-state index contributed by atoms with van der Waals surface area (Å²) in [6.07, 6.45) is 1.36. The second-order valence-electron chi connectivity index (χ2n) is 2.45. The van der Waals surface area contributed by atoms with Gasteiger partial charge in [0.05, 0.1) is 12.7 Å². The van der Waals surface area contributed by atoms with Crippen LogP contribution in [0.2, 0.25) is 0 Å². The summed E-state index contributed by atoms with van der Waals surface area (Å²) < 4.78 is 10.1. The number of rotatable bonds is 2. The van der Waals surface area contributed by atoms with Crippen molar-refractivity contribution in [2.45, 2.75) is 13.8 Å². The van der Waals surface area contributed by atoms with Crippen LogP contribution in [-0.4, -0.2) is 17.3 Å². The van der Waals surface area contributed by atoms with Crippen molar-refractivity contribution in [2.75, 3.05) is 7.11 Å². The Morgan fingerprint density at radius 2 is 1.93 bits per heavy atom. The molecule has 0 saturated carbocycles. The van der Waals surface area contributed by atoms with Crippen LogP contribution in [0.3, 0.4) is 0 Å². The summed E-state index contributed by atoms with van der Waals surface area (Å²) in [5.41, 5.74) is 0.808. The molecule has 0 aliphatic carbocycles. The van der Waals surface area contributed by atoms with Crippen LogP contribution in [0, 0.1) is 0 Å². The van der Waals surface area contributed by atoms with Crippen molar-refractivity contribution >= 4 is 0 Å². The van der Waals surface area contributed by atoms with Crippen LogP contribution < -0.4 is 4.74 Å². The van der Waals surface area contributed by atoms with Crippen LogP contribution in [0.1, 0.15) is 13.8 Å². The molecule has 0 bridgehead atoms.